The molecule has 1 aromatic carbocycles. The Balaban J connectivity index is 1.45. The van der Waals surface area contributed by atoms with Crippen molar-refractivity contribution in [2.24, 2.45) is 5.11 Å². The smallest absolute Gasteiger partial charge is 0.230 e. The molecular weight excluding hydrogens is 474 g/mol. The third-order valence-electron chi connectivity index (χ3n) is 5.53. The number of hydrogen-bond acceptors (Lipinski definition) is 10. The van der Waals surface area contributed by atoms with Gasteiger partial charge in [0.2, 0.25) is 5.91 Å². The van der Waals surface area contributed by atoms with E-state index in [1.54, 1.807) is 0 Å². The minimum absolute atomic E-state index is 0.0511. The quantitative estimate of drug-likeness (QED) is 0.104. The van der Waals surface area contributed by atoms with Crippen LogP contribution in [0.15, 0.2) is 46.9 Å². The number of nitrogens with two attached hydrogens (primary N) is 1. The number of aliphatic hydroxyl groups is 2. The Bertz CT molecular complexity index is 1220. The number of nitrogens with zero attached hydrogens (tertiary/aromatic N) is 7. The van der Waals surface area contributed by atoms with Crippen LogP contribution in [0.1, 0.15) is 18.2 Å². The van der Waals surface area contributed by atoms with Crippen molar-refractivity contribution in [1.82, 2.24) is 24.8 Å². The van der Waals surface area contributed by atoms with E-state index in [2.05, 4.69) is 30.3 Å². The highest BCUT2D eigenvalue weighted by molar-refractivity contribution is 7.99. The molecular formula is C21H25N9O4S. The predicted molar refractivity (Wildman–Crippen MR) is 128 cm³/mol. The number of ether oxygens (including phenoxy) is 1. The van der Waals surface area contributed by atoms with Crippen molar-refractivity contribution in [3.05, 3.63) is 52.7 Å². The minimum Gasteiger partial charge on any atom is -0.388 e. The van der Waals surface area contributed by atoms with Gasteiger partial charge in [0, 0.05) is 11.5 Å². The summed E-state index contributed by atoms with van der Waals surface area (Å²) in [6.07, 6.45) is -1.75. The van der Waals surface area contributed by atoms with E-state index in [1.165, 1.54) is 16.5 Å². The van der Waals surface area contributed by atoms with Crippen LogP contribution >= 0.6 is 11.8 Å². The summed E-state index contributed by atoms with van der Waals surface area (Å²) in [4.78, 5) is 27.7. The predicted octanol–water partition coefficient (Wildman–Crippen LogP) is 1.18. The second-order valence-corrected chi connectivity index (χ2v) is 8.83. The molecule has 1 fully saturated rings. The summed E-state index contributed by atoms with van der Waals surface area (Å²) >= 11 is 1.11. The van der Waals surface area contributed by atoms with Crippen molar-refractivity contribution in [3.63, 3.8) is 0 Å². The molecule has 1 saturated heterocycles. The average Bonchev–Trinajstić information content (AvgIpc) is 3.37. The Hall–Kier alpha value is -3.42. The van der Waals surface area contributed by atoms with Gasteiger partial charge in [-0.25, -0.2) is 15.0 Å². The van der Waals surface area contributed by atoms with Crippen LogP contribution in [0.5, 0.6) is 0 Å². The van der Waals surface area contributed by atoms with Crippen LogP contribution in [0.4, 0.5) is 5.82 Å². The number of anilines is 1. The van der Waals surface area contributed by atoms with Crippen LogP contribution in [0.2, 0.25) is 0 Å². The van der Waals surface area contributed by atoms with Crippen LogP contribution in [-0.2, 0) is 16.0 Å². The largest absolute Gasteiger partial charge is 0.388 e. The SMILES string of the molecule is [N-]=[N+]=NC[C@H]1O[C@@H](n2c(SCC(=O)NCCCc3ccccc3)nc3c(N)ncnc32)[C@H](O)[C@@H]1O. The lowest BCUT2D eigenvalue weighted by atomic mass is 10.1. The second kappa shape index (κ2) is 11.3. The fraction of sp³-hybridized carbons (Fsp3) is 0.429. The van der Waals surface area contributed by atoms with Crippen molar-refractivity contribution in [3.8, 4) is 0 Å². The summed E-state index contributed by atoms with van der Waals surface area (Å²) in [5, 5.41) is 27.6. The van der Waals surface area contributed by atoms with Gasteiger partial charge in [0.15, 0.2) is 28.4 Å². The van der Waals surface area contributed by atoms with E-state index in [-0.39, 0.29) is 35.2 Å². The number of aryl methyl sites for hydroxylation is 1. The molecule has 0 saturated carbocycles. The maximum atomic E-state index is 12.4. The highest BCUT2D eigenvalue weighted by Gasteiger charge is 2.45. The minimum atomic E-state index is -1.35. The number of thioether (sulfide) groups is 1. The van der Waals surface area contributed by atoms with Crippen LogP contribution in [0, 0.1) is 0 Å². The van der Waals surface area contributed by atoms with E-state index in [9.17, 15) is 15.0 Å². The molecule has 4 rings (SSSR count). The van der Waals surface area contributed by atoms with Crippen molar-refractivity contribution in [2.75, 3.05) is 24.6 Å². The Morgan fingerprint density at radius 3 is 2.86 bits per heavy atom. The first-order chi connectivity index (χ1) is 17.0. The van der Waals surface area contributed by atoms with Gasteiger partial charge < -0.3 is 26.0 Å². The topological polar surface area (TPSA) is 197 Å². The Kier molecular flexibility index (Phi) is 8.00. The van der Waals surface area contributed by atoms with E-state index in [1.807, 2.05) is 30.3 Å². The first kappa shape index (κ1) is 24.7. The zero-order valence-electron chi connectivity index (χ0n) is 18.6. The number of rotatable bonds is 10. The number of imidazole rings is 1. The molecule has 1 aliphatic heterocycles. The molecule has 5 N–H and O–H groups in total. The maximum Gasteiger partial charge on any atom is 0.230 e. The normalized spacial score (nSPS) is 21.7. The Morgan fingerprint density at radius 2 is 2.09 bits per heavy atom. The summed E-state index contributed by atoms with van der Waals surface area (Å²) < 4.78 is 7.27. The molecule has 0 spiro atoms. The standard InChI is InChI=1S/C21H25N9O4S/c22-18-15-19(26-11-25-18)30(20-17(33)16(32)13(34-20)9-27-29-23)21(28-15)35-10-14(31)24-8-4-7-12-5-2-1-3-6-12/h1-3,5-6,11,13,16-17,20,32-33H,4,7-10H2,(H,24,31)(H2,22,25,26)/t13-,16-,17-,20-/m1/s1. The van der Waals surface area contributed by atoms with Gasteiger partial charge in [0.25, 0.3) is 0 Å². The zero-order valence-corrected chi connectivity index (χ0v) is 19.5. The van der Waals surface area contributed by atoms with E-state index >= 15 is 0 Å². The number of benzene rings is 1. The molecule has 14 heteroatoms. The molecule has 0 unspecified atom stereocenters. The fourth-order valence-corrected chi connectivity index (χ4v) is 4.64. The van der Waals surface area contributed by atoms with Gasteiger partial charge in [-0.2, -0.15) is 0 Å². The summed E-state index contributed by atoms with van der Waals surface area (Å²) in [5.74, 6) is -0.00953. The second-order valence-electron chi connectivity index (χ2n) is 7.88. The van der Waals surface area contributed by atoms with Gasteiger partial charge in [-0.1, -0.05) is 47.2 Å². The number of fused-ring (bicyclic) bond motifs is 1. The lowest BCUT2D eigenvalue weighted by Gasteiger charge is -2.19. The molecule has 1 amide bonds. The van der Waals surface area contributed by atoms with Gasteiger partial charge in [-0.3, -0.25) is 9.36 Å². The number of hydrogen-bond donors (Lipinski definition) is 4. The molecule has 4 atom stereocenters. The average molecular weight is 500 g/mol. The number of aromatic nitrogens is 4. The molecule has 184 valence electrons. The molecule has 2 aromatic heterocycles. The lowest BCUT2D eigenvalue weighted by Crippen LogP contribution is -2.33. The van der Waals surface area contributed by atoms with Gasteiger partial charge >= 0.3 is 0 Å². The van der Waals surface area contributed by atoms with Crippen LogP contribution < -0.4 is 11.1 Å². The van der Waals surface area contributed by atoms with Gasteiger partial charge in [-0.05, 0) is 23.9 Å². The molecule has 13 nitrogen and oxygen atoms in total. The molecule has 1 aliphatic rings. The lowest BCUT2D eigenvalue weighted by molar-refractivity contribution is -0.118. The van der Waals surface area contributed by atoms with E-state index in [4.69, 9.17) is 16.0 Å². The van der Waals surface area contributed by atoms with Crippen molar-refractivity contribution >= 4 is 34.7 Å². The van der Waals surface area contributed by atoms with E-state index in [0.29, 0.717) is 11.7 Å². The number of carbonyl (C=O) groups excluding carboxylic acids is 1. The molecule has 0 aliphatic carbocycles. The number of azide groups is 1. The third kappa shape index (κ3) is 5.63. The maximum absolute atomic E-state index is 12.4. The first-order valence-electron chi connectivity index (χ1n) is 10.9. The molecule has 0 bridgehead atoms. The van der Waals surface area contributed by atoms with Crippen molar-refractivity contribution in [1.29, 1.82) is 0 Å². The van der Waals surface area contributed by atoms with Crippen LogP contribution in [0.3, 0.4) is 0 Å². The van der Waals surface area contributed by atoms with Crippen LogP contribution in [0.25, 0.3) is 21.6 Å². The zero-order chi connectivity index (χ0) is 24.8. The molecule has 3 aromatic rings. The number of nitrogen functional groups attached to an aromatic ring is 1. The molecule has 0 radical (unpaired) electrons. The van der Waals surface area contributed by atoms with Gasteiger partial charge in [0.05, 0.1) is 18.4 Å². The first-order valence-corrected chi connectivity index (χ1v) is 11.9. The highest BCUT2D eigenvalue weighted by Crippen LogP contribution is 2.36. The van der Waals surface area contributed by atoms with E-state index in [0.717, 1.165) is 24.6 Å². The number of nitrogens with one attached hydrogen (secondary N) is 1. The highest BCUT2D eigenvalue weighted by atomic mass is 32.2. The molecule has 35 heavy (non-hydrogen) atoms. The van der Waals surface area contributed by atoms with Crippen molar-refractivity contribution < 1.29 is 19.7 Å². The van der Waals surface area contributed by atoms with Crippen LogP contribution in [-0.4, -0.2) is 72.8 Å². The Morgan fingerprint density at radius 1 is 1.29 bits per heavy atom. The monoisotopic (exact) mass is 499 g/mol. The fourth-order valence-electron chi connectivity index (χ4n) is 3.79. The summed E-state index contributed by atoms with van der Waals surface area (Å²) in [6.45, 7) is 0.365. The summed E-state index contributed by atoms with van der Waals surface area (Å²) in [5.41, 5.74) is 16.3. The number of amides is 1. The summed E-state index contributed by atoms with van der Waals surface area (Å²) in [7, 11) is 0. The number of carbonyl (C=O) groups is 1. The van der Waals surface area contributed by atoms with Gasteiger partial charge in [-0.15, -0.1) is 0 Å². The Labute approximate surface area is 204 Å². The third-order valence-corrected chi connectivity index (χ3v) is 6.48. The van der Waals surface area contributed by atoms with Gasteiger partial charge in [0.1, 0.15) is 18.5 Å². The van der Waals surface area contributed by atoms with E-state index < -0.39 is 24.5 Å². The molecule has 3 heterocycles. The van der Waals surface area contributed by atoms with Crippen molar-refractivity contribution in [2.45, 2.75) is 42.5 Å². The summed E-state index contributed by atoms with van der Waals surface area (Å²) in [6, 6.07) is 10.0. The number of aliphatic hydroxyl groups excluding tert-OH is 2.